The summed E-state index contributed by atoms with van der Waals surface area (Å²) in [5, 5.41) is 12.2. The van der Waals surface area contributed by atoms with Crippen molar-refractivity contribution in [2.24, 2.45) is 0 Å². The maximum absolute atomic E-state index is 12.8. The molecule has 148 valence electrons. The number of piperazine rings is 2. The Labute approximate surface area is 159 Å². The fourth-order valence-corrected chi connectivity index (χ4v) is 3.52. The molecule has 0 bridgehead atoms. The summed E-state index contributed by atoms with van der Waals surface area (Å²) in [6.45, 7) is 5.87. The maximum Gasteiger partial charge on any atom is 0.341 e. The Balaban J connectivity index is 1.58. The van der Waals surface area contributed by atoms with Crippen LogP contribution in [0.5, 0.6) is 5.75 Å². The van der Waals surface area contributed by atoms with Crippen molar-refractivity contribution in [3.8, 4) is 5.75 Å². The van der Waals surface area contributed by atoms with Crippen LogP contribution in [-0.2, 0) is 16.1 Å². The number of nitrogens with zero attached hydrogens (tertiary/aromatic N) is 3. The summed E-state index contributed by atoms with van der Waals surface area (Å²) in [4.78, 5) is 30.0. The average Bonchev–Trinajstić information content (AvgIpc) is 2.67. The van der Waals surface area contributed by atoms with Crippen LogP contribution >= 0.6 is 0 Å². The highest BCUT2D eigenvalue weighted by molar-refractivity contribution is 5.82. The van der Waals surface area contributed by atoms with Crippen LogP contribution in [0.4, 0.5) is 0 Å². The SMILES string of the molecule is CN1CCN(C(=O)[C@H]2CN(Cc3ccccc3OCC(=O)O)CCN2)CC1. The number of hydrogen-bond donors (Lipinski definition) is 2. The molecule has 0 radical (unpaired) electrons. The van der Waals surface area contributed by atoms with Crippen LogP contribution in [0.2, 0.25) is 0 Å². The van der Waals surface area contributed by atoms with Crippen molar-refractivity contribution >= 4 is 11.9 Å². The number of carboxylic acids is 1. The third-order valence-corrected chi connectivity index (χ3v) is 5.09. The van der Waals surface area contributed by atoms with Crippen molar-refractivity contribution < 1.29 is 19.4 Å². The predicted octanol–water partition coefficient (Wildman–Crippen LogP) is -0.302. The first-order valence-electron chi connectivity index (χ1n) is 9.38. The van der Waals surface area contributed by atoms with Crippen LogP contribution in [0.15, 0.2) is 24.3 Å². The van der Waals surface area contributed by atoms with E-state index >= 15 is 0 Å². The smallest absolute Gasteiger partial charge is 0.341 e. The molecule has 2 fully saturated rings. The second-order valence-corrected chi connectivity index (χ2v) is 7.16. The van der Waals surface area contributed by atoms with E-state index in [9.17, 15) is 9.59 Å². The zero-order chi connectivity index (χ0) is 19.2. The standard InChI is InChI=1S/C19H28N4O4/c1-21-8-10-23(11-9-21)19(26)16-13-22(7-6-20-16)12-15-4-2-3-5-17(15)27-14-18(24)25/h2-5,16,20H,6-14H2,1H3,(H,24,25)/t16-/m1/s1. The molecule has 2 aliphatic heterocycles. The van der Waals surface area contributed by atoms with Crippen LogP contribution in [0.25, 0.3) is 0 Å². The van der Waals surface area contributed by atoms with Gasteiger partial charge in [-0.2, -0.15) is 0 Å². The van der Waals surface area contributed by atoms with Gasteiger partial charge in [-0.3, -0.25) is 9.69 Å². The highest BCUT2D eigenvalue weighted by atomic mass is 16.5. The minimum Gasteiger partial charge on any atom is -0.482 e. The summed E-state index contributed by atoms with van der Waals surface area (Å²) in [7, 11) is 2.08. The van der Waals surface area contributed by atoms with Gasteiger partial charge in [0.25, 0.3) is 0 Å². The zero-order valence-electron chi connectivity index (χ0n) is 15.8. The third-order valence-electron chi connectivity index (χ3n) is 5.09. The molecule has 1 amide bonds. The lowest BCUT2D eigenvalue weighted by molar-refractivity contribution is -0.139. The van der Waals surface area contributed by atoms with E-state index in [-0.39, 0.29) is 18.6 Å². The molecule has 0 aromatic heterocycles. The van der Waals surface area contributed by atoms with Crippen LogP contribution < -0.4 is 10.1 Å². The molecular weight excluding hydrogens is 348 g/mol. The summed E-state index contributed by atoms with van der Waals surface area (Å²) >= 11 is 0. The molecule has 3 rings (SSSR count). The van der Waals surface area contributed by atoms with Crippen molar-refractivity contribution in [3.63, 3.8) is 0 Å². The number of likely N-dealkylation sites (N-methyl/N-ethyl adjacent to an activating group) is 1. The molecule has 0 saturated carbocycles. The topological polar surface area (TPSA) is 85.3 Å². The van der Waals surface area contributed by atoms with E-state index < -0.39 is 5.97 Å². The number of benzene rings is 1. The highest BCUT2D eigenvalue weighted by Gasteiger charge is 2.30. The number of aliphatic carboxylic acids is 1. The molecule has 8 heteroatoms. The van der Waals surface area contributed by atoms with E-state index in [1.165, 1.54) is 0 Å². The number of ether oxygens (including phenoxy) is 1. The van der Waals surface area contributed by atoms with Crippen LogP contribution in [0.3, 0.4) is 0 Å². The maximum atomic E-state index is 12.8. The molecule has 1 aromatic rings. The molecule has 2 saturated heterocycles. The highest BCUT2D eigenvalue weighted by Crippen LogP contribution is 2.20. The van der Waals surface area contributed by atoms with Gasteiger partial charge >= 0.3 is 5.97 Å². The Bertz CT molecular complexity index is 661. The number of carboxylic acid groups (broad SMARTS) is 1. The van der Waals surface area contributed by atoms with Crippen LogP contribution in [-0.4, -0.2) is 97.2 Å². The fourth-order valence-electron chi connectivity index (χ4n) is 3.52. The van der Waals surface area contributed by atoms with Gasteiger partial charge in [-0.15, -0.1) is 0 Å². The van der Waals surface area contributed by atoms with Gasteiger partial charge in [-0.1, -0.05) is 18.2 Å². The number of nitrogens with one attached hydrogen (secondary N) is 1. The van der Waals surface area contributed by atoms with E-state index in [1.54, 1.807) is 6.07 Å². The van der Waals surface area contributed by atoms with Crippen molar-refractivity contribution in [1.29, 1.82) is 0 Å². The number of carbonyl (C=O) groups is 2. The van der Waals surface area contributed by atoms with Crippen molar-refractivity contribution in [2.75, 3.05) is 59.5 Å². The lowest BCUT2D eigenvalue weighted by Gasteiger charge is -2.38. The molecule has 2 aliphatic rings. The first kappa shape index (κ1) is 19.6. The molecular formula is C19H28N4O4. The number of carbonyl (C=O) groups excluding carboxylic acids is 1. The second-order valence-electron chi connectivity index (χ2n) is 7.16. The minimum atomic E-state index is -0.996. The fraction of sp³-hybridized carbons (Fsp3) is 0.579. The van der Waals surface area contributed by atoms with E-state index in [0.29, 0.717) is 18.8 Å². The summed E-state index contributed by atoms with van der Waals surface area (Å²) < 4.78 is 5.40. The summed E-state index contributed by atoms with van der Waals surface area (Å²) in [6, 6.07) is 7.27. The molecule has 8 nitrogen and oxygen atoms in total. The first-order valence-corrected chi connectivity index (χ1v) is 9.38. The van der Waals surface area contributed by atoms with Gasteiger partial charge in [-0.05, 0) is 13.1 Å². The van der Waals surface area contributed by atoms with Gasteiger partial charge in [0.15, 0.2) is 6.61 Å². The van der Waals surface area contributed by atoms with Crippen molar-refractivity contribution in [3.05, 3.63) is 29.8 Å². The van der Waals surface area contributed by atoms with Crippen molar-refractivity contribution in [1.82, 2.24) is 20.0 Å². The van der Waals surface area contributed by atoms with E-state index in [2.05, 4.69) is 22.2 Å². The predicted molar refractivity (Wildman–Crippen MR) is 101 cm³/mol. The second kappa shape index (κ2) is 9.16. The van der Waals surface area contributed by atoms with Gasteiger partial charge in [0, 0.05) is 57.9 Å². The monoisotopic (exact) mass is 376 g/mol. The minimum absolute atomic E-state index is 0.170. The number of rotatable bonds is 6. The molecule has 0 unspecified atom stereocenters. The Morgan fingerprint density at radius 2 is 1.93 bits per heavy atom. The quantitative estimate of drug-likeness (QED) is 0.705. The van der Waals surface area contributed by atoms with Gasteiger partial charge in [0.1, 0.15) is 5.75 Å². The summed E-state index contributed by atoms with van der Waals surface area (Å²) in [6.07, 6.45) is 0. The molecule has 0 aliphatic carbocycles. The lowest BCUT2D eigenvalue weighted by atomic mass is 10.1. The van der Waals surface area contributed by atoms with E-state index in [1.807, 2.05) is 23.1 Å². The van der Waals surface area contributed by atoms with Crippen molar-refractivity contribution in [2.45, 2.75) is 12.6 Å². The van der Waals surface area contributed by atoms with Gasteiger partial charge < -0.3 is 25.0 Å². The summed E-state index contributed by atoms with van der Waals surface area (Å²) in [5.41, 5.74) is 0.937. The Hall–Kier alpha value is -2.16. The molecule has 27 heavy (non-hydrogen) atoms. The normalized spacial score (nSPS) is 21.8. The Morgan fingerprint density at radius 1 is 1.19 bits per heavy atom. The summed E-state index contributed by atoms with van der Waals surface area (Å²) in [5.74, 6) is -0.242. The molecule has 1 atom stereocenters. The van der Waals surface area contributed by atoms with Crippen LogP contribution in [0, 0.1) is 0 Å². The Morgan fingerprint density at radius 3 is 2.67 bits per heavy atom. The third kappa shape index (κ3) is 5.41. The van der Waals surface area contributed by atoms with E-state index in [4.69, 9.17) is 9.84 Å². The molecule has 1 aromatic carbocycles. The number of hydrogen-bond acceptors (Lipinski definition) is 6. The number of amides is 1. The van der Waals surface area contributed by atoms with Gasteiger partial charge in [-0.25, -0.2) is 4.79 Å². The van der Waals surface area contributed by atoms with Gasteiger partial charge in [0.05, 0.1) is 6.04 Å². The molecule has 2 heterocycles. The Kier molecular flexibility index (Phi) is 6.65. The first-order chi connectivity index (χ1) is 13.0. The zero-order valence-corrected chi connectivity index (χ0v) is 15.8. The largest absolute Gasteiger partial charge is 0.482 e. The van der Waals surface area contributed by atoms with Gasteiger partial charge in [0.2, 0.25) is 5.91 Å². The average molecular weight is 376 g/mol. The van der Waals surface area contributed by atoms with Crippen LogP contribution in [0.1, 0.15) is 5.56 Å². The van der Waals surface area contributed by atoms with E-state index in [0.717, 1.165) is 44.8 Å². The molecule has 2 N–H and O–H groups in total. The number of para-hydroxylation sites is 1. The lowest BCUT2D eigenvalue weighted by Crippen LogP contribution is -2.59. The molecule has 0 spiro atoms.